The van der Waals surface area contributed by atoms with Gasteiger partial charge in [-0.05, 0) is 36.2 Å². The minimum Gasteiger partial charge on any atom is -0.493 e. The topological polar surface area (TPSA) is 30.5 Å². The van der Waals surface area contributed by atoms with E-state index in [1.54, 1.807) is 25.6 Å². The highest BCUT2D eigenvalue weighted by molar-refractivity contribution is 7.09. The molecule has 3 nitrogen and oxygen atoms in total. The van der Waals surface area contributed by atoms with Gasteiger partial charge in [0.05, 0.1) is 14.2 Å². The molecule has 0 saturated heterocycles. The molecule has 0 amide bonds. The highest BCUT2D eigenvalue weighted by atomic mass is 32.1. The maximum Gasteiger partial charge on any atom is 0.161 e. The first kappa shape index (κ1) is 13.9. The number of rotatable bonds is 6. The minimum absolute atomic E-state index is 0.276. The molecule has 2 rings (SSSR count). The van der Waals surface area contributed by atoms with E-state index in [1.165, 1.54) is 10.4 Å². The molecule has 0 aliphatic heterocycles. The number of ether oxygens (including phenoxy) is 2. The van der Waals surface area contributed by atoms with Crippen molar-refractivity contribution in [3.63, 3.8) is 0 Å². The van der Waals surface area contributed by atoms with Crippen LogP contribution in [0.15, 0.2) is 35.7 Å². The number of hydrogen-bond donors (Lipinski definition) is 1. The second kappa shape index (κ2) is 6.59. The Hall–Kier alpha value is -1.52. The van der Waals surface area contributed by atoms with E-state index in [2.05, 4.69) is 28.9 Å². The summed E-state index contributed by atoms with van der Waals surface area (Å²) in [4.78, 5) is 1.37. The number of hydrogen-bond acceptors (Lipinski definition) is 4. The average molecular weight is 277 g/mol. The largest absolute Gasteiger partial charge is 0.493 e. The molecule has 1 heterocycles. The van der Waals surface area contributed by atoms with Gasteiger partial charge in [0.15, 0.2) is 11.5 Å². The van der Waals surface area contributed by atoms with E-state index >= 15 is 0 Å². The van der Waals surface area contributed by atoms with E-state index < -0.39 is 0 Å². The molecule has 0 aliphatic rings. The zero-order valence-electron chi connectivity index (χ0n) is 11.5. The molecule has 1 unspecified atom stereocenters. The molecule has 102 valence electrons. The SMILES string of the molecule is CNC(Cc1cccs1)c1ccc(OC)c(OC)c1. The summed E-state index contributed by atoms with van der Waals surface area (Å²) in [6.45, 7) is 0. The van der Waals surface area contributed by atoms with Gasteiger partial charge in [0.25, 0.3) is 0 Å². The van der Waals surface area contributed by atoms with Crippen LogP contribution in [0.5, 0.6) is 11.5 Å². The van der Waals surface area contributed by atoms with Crippen molar-refractivity contribution in [1.82, 2.24) is 5.32 Å². The van der Waals surface area contributed by atoms with Crippen molar-refractivity contribution in [2.45, 2.75) is 12.5 Å². The molecule has 4 heteroatoms. The highest BCUT2D eigenvalue weighted by Crippen LogP contribution is 2.31. The summed E-state index contributed by atoms with van der Waals surface area (Å²) in [6, 6.07) is 10.6. The Balaban J connectivity index is 2.23. The zero-order chi connectivity index (χ0) is 13.7. The van der Waals surface area contributed by atoms with Gasteiger partial charge in [-0.25, -0.2) is 0 Å². The second-order valence-corrected chi connectivity index (χ2v) is 5.27. The molecular weight excluding hydrogens is 258 g/mol. The maximum atomic E-state index is 5.36. The molecule has 0 bridgehead atoms. The van der Waals surface area contributed by atoms with Crippen LogP contribution in [0.4, 0.5) is 0 Å². The molecule has 2 aromatic rings. The van der Waals surface area contributed by atoms with Crippen molar-refractivity contribution in [2.24, 2.45) is 0 Å². The van der Waals surface area contributed by atoms with E-state index in [0.717, 1.165) is 17.9 Å². The molecule has 19 heavy (non-hydrogen) atoms. The summed E-state index contributed by atoms with van der Waals surface area (Å²) in [5.74, 6) is 1.53. The fourth-order valence-electron chi connectivity index (χ4n) is 2.09. The quantitative estimate of drug-likeness (QED) is 0.879. The minimum atomic E-state index is 0.276. The van der Waals surface area contributed by atoms with E-state index in [-0.39, 0.29) is 6.04 Å². The third-order valence-corrected chi connectivity index (χ3v) is 4.04. The predicted molar refractivity (Wildman–Crippen MR) is 79.4 cm³/mol. The second-order valence-electron chi connectivity index (χ2n) is 4.24. The summed E-state index contributed by atoms with van der Waals surface area (Å²) in [6.07, 6.45) is 0.976. The lowest BCUT2D eigenvalue weighted by Crippen LogP contribution is -2.18. The molecule has 0 saturated carbocycles. The first-order chi connectivity index (χ1) is 9.28. The number of nitrogens with one attached hydrogen (secondary N) is 1. The summed E-state index contributed by atoms with van der Waals surface area (Å²) < 4.78 is 10.6. The summed E-state index contributed by atoms with van der Waals surface area (Å²) >= 11 is 1.78. The van der Waals surface area contributed by atoms with Crippen LogP contribution in [0.1, 0.15) is 16.5 Å². The summed E-state index contributed by atoms with van der Waals surface area (Å²) in [7, 11) is 5.29. The van der Waals surface area contributed by atoms with Gasteiger partial charge in [0, 0.05) is 17.3 Å². The predicted octanol–water partition coefficient (Wildman–Crippen LogP) is 3.27. The number of benzene rings is 1. The van der Waals surface area contributed by atoms with Gasteiger partial charge in [0.2, 0.25) is 0 Å². The standard InChI is InChI=1S/C15H19NO2S/c1-16-13(10-12-5-4-8-19-12)11-6-7-14(17-2)15(9-11)18-3/h4-9,13,16H,10H2,1-3H3. The van der Waals surface area contributed by atoms with Crippen LogP contribution in [0, 0.1) is 0 Å². The van der Waals surface area contributed by atoms with Gasteiger partial charge in [-0.1, -0.05) is 12.1 Å². The Morgan fingerprint density at radius 3 is 2.53 bits per heavy atom. The monoisotopic (exact) mass is 277 g/mol. The van der Waals surface area contributed by atoms with Crippen LogP contribution < -0.4 is 14.8 Å². The molecule has 0 fully saturated rings. The smallest absolute Gasteiger partial charge is 0.161 e. The van der Waals surface area contributed by atoms with Gasteiger partial charge < -0.3 is 14.8 Å². The fraction of sp³-hybridized carbons (Fsp3) is 0.333. The Labute approximate surface area is 118 Å². The lowest BCUT2D eigenvalue weighted by atomic mass is 10.0. The van der Waals surface area contributed by atoms with Crippen LogP contribution in [0.2, 0.25) is 0 Å². The molecule has 1 aromatic heterocycles. The summed E-state index contributed by atoms with van der Waals surface area (Å²) in [5.41, 5.74) is 1.20. The van der Waals surface area contributed by atoms with Crippen molar-refractivity contribution < 1.29 is 9.47 Å². The van der Waals surface area contributed by atoms with E-state index in [0.29, 0.717) is 0 Å². The third kappa shape index (κ3) is 3.28. The van der Waals surface area contributed by atoms with Crippen molar-refractivity contribution in [3.05, 3.63) is 46.2 Å². The third-order valence-electron chi connectivity index (χ3n) is 3.14. The van der Waals surface area contributed by atoms with Crippen LogP contribution in [0.3, 0.4) is 0 Å². The van der Waals surface area contributed by atoms with Crippen molar-refractivity contribution in [2.75, 3.05) is 21.3 Å². The normalized spacial score (nSPS) is 12.2. The first-order valence-electron chi connectivity index (χ1n) is 6.20. The first-order valence-corrected chi connectivity index (χ1v) is 7.08. The zero-order valence-corrected chi connectivity index (χ0v) is 12.3. The molecule has 0 aliphatic carbocycles. The Kier molecular flexibility index (Phi) is 4.82. The summed E-state index contributed by atoms with van der Waals surface area (Å²) in [5, 5.41) is 5.46. The lowest BCUT2D eigenvalue weighted by Gasteiger charge is -2.17. The highest BCUT2D eigenvalue weighted by Gasteiger charge is 2.13. The lowest BCUT2D eigenvalue weighted by molar-refractivity contribution is 0.354. The molecule has 0 radical (unpaired) electrons. The van der Waals surface area contributed by atoms with Crippen LogP contribution >= 0.6 is 11.3 Å². The van der Waals surface area contributed by atoms with Gasteiger partial charge in [-0.15, -0.1) is 11.3 Å². The Morgan fingerprint density at radius 2 is 1.95 bits per heavy atom. The Bertz CT molecular complexity index is 511. The number of likely N-dealkylation sites (N-methyl/N-ethyl adjacent to an activating group) is 1. The fourth-order valence-corrected chi connectivity index (χ4v) is 2.84. The molecular formula is C15H19NO2S. The molecule has 1 atom stereocenters. The van der Waals surface area contributed by atoms with Gasteiger partial charge in [-0.3, -0.25) is 0 Å². The van der Waals surface area contributed by atoms with E-state index in [9.17, 15) is 0 Å². The molecule has 1 aromatic carbocycles. The Morgan fingerprint density at radius 1 is 1.16 bits per heavy atom. The van der Waals surface area contributed by atoms with Crippen LogP contribution in [-0.2, 0) is 6.42 Å². The number of thiophene rings is 1. The van der Waals surface area contributed by atoms with Gasteiger partial charge >= 0.3 is 0 Å². The van der Waals surface area contributed by atoms with Gasteiger partial charge in [0.1, 0.15) is 0 Å². The van der Waals surface area contributed by atoms with E-state index in [1.807, 2.05) is 19.2 Å². The van der Waals surface area contributed by atoms with Crippen molar-refractivity contribution in [1.29, 1.82) is 0 Å². The van der Waals surface area contributed by atoms with Crippen molar-refractivity contribution in [3.8, 4) is 11.5 Å². The van der Waals surface area contributed by atoms with Crippen LogP contribution in [-0.4, -0.2) is 21.3 Å². The van der Waals surface area contributed by atoms with E-state index in [4.69, 9.17) is 9.47 Å². The average Bonchev–Trinajstić information content (AvgIpc) is 2.97. The molecule has 1 N–H and O–H groups in total. The maximum absolute atomic E-state index is 5.36. The van der Waals surface area contributed by atoms with Crippen molar-refractivity contribution >= 4 is 11.3 Å². The van der Waals surface area contributed by atoms with Gasteiger partial charge in [-0.2, -0.15) is 0 Å². The van der Waals surface area contributed by atoms with Crippen LogP contribution in [0.25, 0.3) is 0 Å². The molecule has 0 spiro atoms. The number of methoxy groups -OCH3 is 2.